The van der Waals surface area contributed by atoms with Crippen LogP contribution in [-0.2, 0) is 17.9 Å². The van der Waals surface area contributed by atoms with Gasteiger partial charge in [0.25, 0.3) is 0 Å². The lowest BCUT2D eigenvalue weighted by molar-refractivity contribution is -0.138. The molecule has 1 saturated carbocycles. The van der Waals surface area contributed by atoms with Crippen LogP contribution in [0.5, 0.6) is 0 Å². The molecule has 0 spiro atoms. The second-order valence-corrected chi connectivity index (χ2v) is 9.25. The van der Waals surface area contributed by atoms with Crippen LogP contribution in [0.25, 0.3) is 11.2 Å². The number of aromatic nitrogens is 3. The molecule has 152 valence electrons. The summed E-state index contributed by atoms with van der Waals surface area (Å²) >= 11 is 1.62. The van der Waals surface area contributed by atoms with Crippen LogP contribution in [0.1, 0.15) is 43.4 Å². The van der Waals surface area contributed by atoms with Crippen molar-refractivity contribution >= 4 is 28.4 Å². The van der Waals surface area contributed by atoms with Crippen LogP contribution in [0.4, 0.5) is 0 Å². The number of thiophene rings is 1. The smallest absolute Gasteiger partial charge is 0.331 e. The van der Waals surface area contributed by atoms with Crippen LogP contribution in [-0.4, -0.2) is 37.5 Å². The quantitative estimate of drug-likeness (QED) is 0.662. The summed E-state index contributed by atoms with van der Waals surface area (Å²) in [5.74, 6) is 0.711. The third-order valence-corrected chi connectivity index (χ3v) is 7.39. The molecule has 0 N–H and O–H groups in total. The highest BCUT2D eigenvalue weighted by Gasteiger charge is 2.36. The zero-order valence-corrected chi connectivity index (χ0v) is 17.3. The number of carbonyl (C=O) groups excluding carboxylic acids is 1. The van der Waals surface area contributed by atoms with E-state index < -0.39 is 0 Å². The maximum absolute atomic E-state index is 13.3. The molecule has 0 unspecified atom stereocenters. The van der Waals surface area contributed by atoms with Gasteiger partial charge in [0.15, 0.2) is 5.65 Å². The Hall–Kier alpha value is -2.41. The van der Waals surface area contributed by atoms with Crippen molar-refractivity contribution in [3.05, 3.63) is 51.2 Å². The molecule has 0 bridgehead atoms. The van der Waals surface area contributed by atoms with E-state index in [9.17, 15) is 9.59 Å². The van der Waals surface area contributed by atoms with Crippen molar-refractivity contribution in [2.24, 2.45) is 5.92 Å². The summed E-state index contributed by atoms with van der Waals surface area (Å²) in [6.07, 6.45) is 8.84. The molecule has 1 saturated heterocycles. The lowest BCUT2D eigenvalue weighted by Crippen LogP contribution is -2.51. The summed E-state index contributed by atoms with van der Waals surface area (Å²) < 4.78 is 3.30. The molecule has 29 heavy (non-hydrogen) atoms. The predicted molar refractivity (Wildman–Crippen MR) is 114 cm³/mol. The van der Waals surface area contributed by atoms with Crippen molar-refractivity contribution in [1.29, 1.82) is 0 Å². The van der Waals surface area contributed by atoms with Gasteiger partial charge in [-0.3, -0.25) is 13.9 Å². The van der Waals surface area contributed by atoms with E-state index >= 15 is 0 Å². The van der Waals surface area contributed by atoms with Crippen LogP contribution in [0, 0.1) is 5.92 Å². The number of hydrogen-bond acceptors (Lipinski definition) is 4. The van der Waals surface area contributed by atoms with E-state index in [2.05, 4.69) is 9.88 Å². The van der Waals surface area contributed by atoms with E-state index in [1.54, 1.807) is 26.7 Å². The largest absolute Gasteiger partial charge is 0.338 e. The highest BCUT2D eigenvalue weighted by atomic mass is 32.1. The molecule has 2 fully saturated rings. The predicted octanol–water partition coefficient (Wildman–Crippen LogP) is 3.49. The Morgan fingerprint density at radius 1 is 1.10 bits per heavy atom. The van der Waals surface area contributed by atoms with Crippen molar-refractivity contribution < 1.29 is 4.79 Å². The Morgan fingerprint density at radius 2 is 1.97 bits per heavy atom. The fourth-order valence-corrected chi connectivity index (χ4v) is 5.85. The zero-order valence-electron chi connectivity index (χ0n) is 16.5. The summed E-state index contributed by atoms with van der Waals surface area (Å²) in [6.45, 7) is 1.40. The van der Waals surface area contributed by atoms with Gasteiger partial charge in [0.05, 0.1) is 12.1 Å². The molecule has 0 aromatic carbocycles. The minimum atomic E-state index is -0.155. The number of hydrogen-bond donors (Lipinski definition) is 0. The van der Waals surface area contributed by atoms with Gasteiger partial charge in [-0.25, -0.2) is 9.78 Å². The van der Waals surface area contributed by atoms with Gasteiger partial charge in [0.1, 0.15) is 6.54 Å². The molecule has 2 aliphatic rings. The Kier molecular flexibility index (Phi) is 4.99. The van der Waals surface area contributed by atoms with E-state index in [0.29, 0.717) is 24.2 Å². The Morgan fingerprint density at radius 3 is 2.83 bits per heavy atom. The molecule has 3 aromatic rings. The molecule has 1 aliphatic carbocycles. The number of carbonyl (C=O) groups is 1. The monoisotopic (exact) mass is 410 g/mol. The molecular formula is C22H26N4O2S. The van der Waals surface area contributed by atoms with Gasteiger partial charge in [-0.2, -0.15) is 0 Å². The molecule has 5 rings (SSSR count). The van der Waals surface area contributed by atoms with Gasteiger partial charge in [0.2, 0.25) is 5.91 Å². The summed E-state index contributed by atoms with van der Waals surface area (Å²) in [5.41, 5.74) is 1.23. The number of imidazole rings is 1. The van der Waals surface area contributed by atoms with Gasteiger partial charge in [-0.05, 0) is 55.2 Å². The van der Waals surface area contributed by atoms with Crippen molar-refractivity contribution in [3.63, 3.8) is 0 Å². The van der Waals surface area contributed by atoms with Crippen molar-refractivity contribution in [3.8, 4) is 0 Å². The first-order valence-electron chi connectivity index (χ1n) is 10.6. The fourth-order valence-electron chi connectivity index (χ4n) is 5.16. The van der Waals surface area contributed by atoms with Gasteiger partial charge < -0.3 is 4.90 Å². The minimum absolute atomic E-state index is 0.0720. The highest BCUT2D eigenvalue weighted by Crippen LogP contribution is 2.35. The number of rotatable bonds is 4. The van der Waals surface area contributed by atoms with E-state index in [4.69, 9.17) is 0 Å². The summed E-state index contributed by atoms with van der Waals surface area (Å²) in [7, 11) is 0. The van der Waals surface area contributed by atoms with Crippen molar-refractivity contribution in [2.45, 2.75) is 57.7 Å². The zero-order chi connectivity index (χ0) is 19.8. The normalized spacial score (nSPS) is 22.0. The number of pyridine rings is 1. The van der Waals surface area contributed by atoms with Gasteiger partial charge in [-0.15, -0.1) is 11.3 Å². The Bertz CT molecular complexity index is 1070. The molecule has 1 aliphatic heterocycles. The summed E-state index contributed by atoms with van der Waals surface area (Å²) in [4.78, 5) is 34.1. The molecule has 0 radical (unpaired) electrons. The molecule has 1 amide bonds. The second kappa shape index (κ2) is 7.78. The maximum atomic E-state index is 13.3. The minimum Gasteiger partial charge on any atom is -0.338 e. The van der Waals surface area contributed by atoms with E-state index in [1.807, 2.05) is 29.6 Å². The molecule has 7 heteroatoms. The summed E-state index contributed by atoms with van der Waals surface area (Å²) in [6, 6.07) is 8.08. The first-order valence-corrected chi connectivity index (χ1v) is 11.5. The summed E-state index contributed by atoms with van der Waals surface area (Å²) in [5, 5.41) is 2.01. The van der Waals surface area contributed by atoms with Crippen molar-refractivity contribution in [2.75, 3.05) is 6.54 Å². The third kappa shape index (κ3) is 3.41. The van der Waals surface area contributed by atoms with Crippen LogP contribution in [0.2, 0.25) is 0 Å². The average molecular weight is 411 g/mol. The van der Waals surface area contributed by atoms with E-state index in [-0.39, 0.29) is 18.1 Å². The first kappa shape index (κ1) is 18.6. The molecule has 4 heterocycles. The maximum Gasteiger partial charge on any atom is 0.331 e. The molecule has 3 aromatic heterocycles. The van der Waals surface area contributed by atoms with E-state index in [1.165, 1.54) is 25.7 Å². The van der Waals surface area contributed by atoms with Crippen LogP contribution < -0.4 is 5.69 Å². The number of likely N-dealkylation sites (tertiary alicyclic amines) is 1. The number of nitrogens with zero attached hydrogens (tertiary/aromatic N) is 4. The molecular weight excluding hydrogens is 384 g/mol. The van der Waals surface area contributed by atoms with Gasteiger partial charge in [-0.1, -0.05) is 18.9 Å². The first-order chi connectivity index (χ1) is 14.2. The lowest BCUT2D eigenvalue weighted by Gasteiger charge is -2.44. The van der Waals surface area contributed by atoms with Crippen LogP contribution in [0.3, 0.4) is 0 Å². The SMILES string of the molecule is O=C(Cn1c(=O)n(Cc2cccs2)c2ncccc21)N1CCC[C@@H]2CCCC[C@@H]21. The molecule has 2 atom stereocenters. The van der Waals surface area contributed by atoms with Crippen LogP contribution in [0.15, 0.2) is 40.6 Å². The Balaban J connectivity index is 1.46. The fraction of sp³-hybridized carbons (Fsp3) is 0.500. The van der Waals surface area contributed by atoms with Crippen molar-refractivity contribution in [1.82, 2.24) is 19.0 Å². The van der Waals surface area contributed by atoms with Gasteiger partial charge in [0, 0.05) is 23.7 Å². The van der Waals surface area contributed by atoms with E-state index in [0.717, 1.165) is 29.8 Å². The third-order valence-electron chi connectivity index (χ3n) is 6.53. The topological polar surface area (TPSA) is 60.1 Å². The van der Waals surface area contributed by atoms with Gasteiger partial charge >= 0.3 is 5.69 Å². The average Bonchev–Trinajstić information content (AvgIpc) is 3.36. The number of piperidine rings is 1. The highest BCUT2D eigenvalue weighted by molar-refractivity contribution is 7.09. The van der Waals surface area contributed by atoms with Crippen LogP contribution >= 0.6 is 11.3 Å². The lowest BCUT2D eigenvalue weighted by atomic mass is 9.78. The number of amides is 1. The standard InChI is InChI=1S/C22H26N4O2S/c27-20(24-12-4-7-16-6-1-2-9-18(16)24)15-25-19-10-3-11-23-21(19)26(22(25)28)14-17-8-5-13-29-17/h3,5,8,10-11,13,16,18H,1-2,4,6-7,9,12,14-15H2/t16-,18-/m0/s1. The molecule has 6 nitrogen and oxygen atoms in total. The Labute approximate surface area is 173 Å². The number of fused-ring (bicyclic) bond motifs is 2. The second-order valence-electron chi connectivity index (χ2n) is 8.22.